The van der Waals surface area contributed by atoms with E-state index in [4.69, 9.17) is 17.0 Å². The third kappa shape index (κ3) is 10.6. The zero-order chi connectivity index (χ0) is 43.2. The van der Waals surface area contributed by atoms with Crippen molar-refractivity contribution >= 4 is 58.5 Å². The molecule has 4 heteroatoms. The van der Waals surface area contributed by atoms with Crippen molar-refractivity contribution in [3.63, 3.8) is 0 Å². The predicted octanol–water partition coefficient (Wildman–Crippen LogP) is 15.8. The molecule has 1 heterocycles. The number of hydrogen-bond donors (Lipinski definition) is 0. The Hall–Kier alpha value is -3.78. The van der Waals surface area contributed by atoms with E-state index in [0.29, 0.717) is 11.8 Å². The van der Waals surface area contributed by atoms with Gasteiger partial charge in [0.2, 0.25) is 0 Å². The quantitative estimate of drug-likeness (QED) is 0.122. The zero-order valence-corrected chi connectivity index (χ0v) is 41.8. The van der Waals surface area contributed by atoms with Crippen LogP contribution in [0.25, 0.3) is 54.9 Å². The summed E-state index contributed by atoms with van der Waals surface area (Å²) in [6.07, 6.45) is 0. The number of halogens is 2. The summed E-state index contributed by atoms with van der Waals surface area (Å²) in [4.78, 5) is 0. The molecule has 0 N–H and O–H groups in total. The van der Waals surface area contributed by atoms with Gasteiger partial charge in [0.1, 0.15) is 0 Å². The van der Waals surface area contributed by atoms with Gasteiger partial charge in [0.25, 0.3) is 0 Å². The van der Waals surface area contributed by atoms with E-state index in [-0.39, 0.29) is 10.8 Å². The Balaban J connectivity index is 0.000000150. The Labute approximate surface area is 381 Å². The van der Waals surface area contributed by atoms with Crippen LogP contribution < -0.4 is 10.4 Å². The van der Waals surface area contributed by atoms with Gasteiger partial charge in [0, 0.05) is 0 Å². The summed E-state index contributed by atoms with van der Waals surface area (Å²) in [7, 11) is 10.7. The van der Waals surface area contributed by atoms with Gasteiger partial charge in [-0.05, 0) is 44.9 Å². The first kappa shape index (κ1) is 45.7. The molecule has 9 rings (SSSR count). The normalized spacial score (nSPS) is 11.9. The van der Waals surface area contributed by atoms with Gasteiger partial charge < -0.3 is 0 Å². The minimum atomic E-state index is -0.826. The van der Waals surface area contributed by atoms with E-state index in [1.54, 1.807) is 0 Å². The summed E-state index contributed by atoms with van der Waals surface area (Å²) in [6.45, 7) is 22.8. The maximum atomic E-state index is 4.93. The Morgan fingerprint density at radius 3 is 1.35 bits per heavy atom. The minimum absolute atomic E-state index is 0.145. The fourth-order valence-electron chi connectivity index (χ4n) is 8.12. The summed E-state index contributed by atoms with van der Waals surface area (Å²) in [5.74, 6) is 1.14. The molecule has 60 heavy (non-hydrogen) atoms. The molecule has 2 radical (unpaired) electrons. The van der Waals surface area contributed by atoms with Gasteiger partial charge in [0.05, 0.1) is 9.52 Å². The standard InChI is InChI=1S/2C22H25.C12H7Si.2ClH.Zr/c2*1-15(2)17-13-16-9-8-11-18(20(16)14-17)19-10-6-7-12-21(19)22(3,4)5;1-3-7-11-9(5-1)10-6-2-4-8-12(10)13-11;;;/h2*6-15H,1-5H3;1-7H;2*1H;/q3*-1;;;+2/p-2. The monoisotopic (exact) mass is 917 g/mol. The van der Waals surface area contributed by atoms with Crippen LogP contribution in [0.1, 0.15) is 103 Å². The fourth-order valence-corrected chi connectivity index (χ4v) is 9.43. The molecule has 8 aromatic carbocycles. The molecule has 0 aromatic heterocycles. The van der Waals surface area contributed by atoms with E-state index in [9.17, 15) is 0 Å². The summed E-state index contributed by atoms with van der Waals surface area (Å²) < 4.78 is 0. The molecule has 0 unspecified atom stereocenters. The van der Waals surface area contributed by atoms with Gasteiger partial charge in [-0.15, -0.1) is 74.6 Å². The van der Waals surface area contributed by atoms with Crippen molar-refractivity contribution in [1.82, 2.24) is 0 Å². The van der Waals surface area contributed by atoms with Crippen LogP contribution in [-0.4, -0.2) is 9.52 Å². The van der Waals surface area contributed by atoms with Crippen LogP contribution in [0.15, 0.2) is 152 Å². The Morgan fingerprint density at radius 2 is 0.900 bits per heavy atom. The molecule has 0 aliphatic carbocycles. The molecule has 0 bridgehead atoms. The van der Waals surface area contributed by atoms with Crippen LogP contribution in [0, 0.1) is 6.07 Å². The predicted molar refractivity (Wildman–Crippen MR) is 263 cm³/mol. The van der Waals surface area contributed by atoms with E-state index < -0.39 is 20.8 Å². The molecule has 0 fully saturated rings. The molecule has 1 aliphatic heterocycles. The second-order valence-corrected chi connectivity index (χ2v) is 23.3. The van der Waals surface area contributed by atoms with Crippen LogP contribution in [0.5, 0.6) is 0 Å². The molecule has 306 valence electrons. The van der Waals surface area contributed by atoms with E-state index in [2.05, 4.69) is 221 Å². The molecular formula is C56H57Cl2SiZr-3. The van der Waals surface area contributed by atoms with Crippen molar-refractivity contribution in [2.45, 2.75) is 91.9 Å². The van der Waals surface area contributed by atoms with Gasteiger partial charge in [0.15, 0.2) is 0 Å². The zero-order valence-electron chi connectivity index (χ0n) is 36.8. The van der Waals surface area contributed by atoms with E-state index in [1.165, 1.54) is 87.6 Å². The van der Waals surface area contributed by atoms with Crippen molar-refractivity contribution in [1.29, 1.82) is 0 Å². The van der Waals surface area contributed by atoms with Crippen LogP contribution in [0.2, 0.25) is 0 Å². The van der Waals surface area contributed by atoms with Crippen LogP contribution in [0.4, 0.5) is 0 Å². The molecule has 0 amide bonds. The molecule has 8 aromatic rings. The summed E-state index contributed by atoms with van der Waals surface area (Å²) in [5.41, 5.74) is 14.2. The van der Waals surface area contributed by atoms with Crippen molar-refractivity contribution in [2.24, 2.45) is 0 Å². The maximum Gasteiger partial charge on any atom is 0.0920 e. The second-order valence-electron chi connectivity index (χ2n) is 18.3. The third-order valence-electron chi connectivity index (χ3n) is 11.3. The van der Waals surface area contributed by atoms with Gasteiger partial charge in [-0.1, -0.05) is 176 Å². The average molecular weight is 920 g/mol. The van der Waals surface area contributed by atoms with Crippen molar-refractivity contribution in [3.8, 4) is 33.4 Å². The Bertz CT molecular complexity index is 2480. The molecule has 1 aliphatic rings. The number of fused-ring (bicyclic) bond motifs is 5. The van der Waals surface area contributed by atoms with E-state index >= 15 is 0 Å². The van der Waals surface area contributed by atoms with Crippen molar-refractivity contribution in [3.05, 3.63) is 180 Å². The second kappa shape index (κ2) is 19.9. The molecule has 0 atom stereocenters. The SMILES string of the molecule is CC(C)c1cc2c(-c3ccccc3C(C)(C)C)cccc2[cH-]1.CC(C)c1cc2c(-c3ccccc3C(C)(C)C)cccc2[cH-]1.[Cl][Zr][Cl].[c-]1cccc2c1[Si]c1ccccc1-2. The summed E-state index contributed by atoms with van der Waals surface area (Å²) >= 11 is -0.826. The number of hydrogen-bond acceptors (Lipinski definition) is 0. The maximum absolute atomic E-state index is 4.93. The van der Waals surface area contributed by atoms with Gasteiger partial charge in [-0.25, -0.2) is 0 Å². The number of benzene rings is 6. The summed E-state index contributed by atoms with van der Waals surface area (Å²) in [6, 6.07) is 58.6. The molecule has 0 spiro atoms. The number of rotatable bonds is 4. The smallest absolute Gasteiger partial charge is 0.0920 e. The molecular weight excluding hydrogens is 863 g/mol. The van der Waals surface area contributed by atoms with Crippen LogP contribution in [-0.2, 0) is 31.7 Å². The summed E-state index contributed by atoms with van der Waals surface area (Å²) in [5, 5.41) is 8.28. The van der Waals surface area contributed by atoms with Crippen molar-refractivity contribution in [2.75, 3.05) is 0 Å². The Kier molecular flexibility index (Phi) is 15.2. The van der Waals surface area contributed by atoms with E-state index in [1.807, 2.05) is 6.07 Å². The van der Waals surface area contributed by atoms with Gasteiger partial charge in [-0.3, -0.25) is 0 Å². The first-order chi connectivity index (χ1) is 28.6. The third-order valence-corrected chi connectivity index (χ3v) is 12.6. The minimum Gasteiger partial charge on any atom is -0.184 e. The fraction of sp³-hybridized carbons (Fsp3) is 0.250. The first-order valence-electron chi connectivity index (χ1n) is 21.0. The van der Waals surface area contributed by atoms with Crippen LogP contribution in [0.3, 0.4) is 0 Å². The molecule has 0 saturated carbocycles. The topological polar surface area (TPSA) is 0 Å². The van der Waals surface area contributed by atoms with Crippen LogP contribution >= 0.6 is 17.0 Å². The van der Waals surface area contributed by atoms with E-state index in [0.717, 1.165) is 9.52 Å². The average Bonchev–Trinajstić information content (AvgIpc) is 3.97. The van der Waals surface area contributed by atoms with Crippen molar-refractivity contribution < 1.29 is 20.8 Å². The molecule has 0 nitrogen and oxygen atoms in total. The van der Waals surface area contributed by atoms with Gasteiger partial charge >= 0.3 is 37.9 Å². The van der Waals surface area contributed by atoms with Gasteiger partial charge in [-0.2, -0.15) is 41.6 Å². The first-order valence-corrected chi connectivity index (χ1v) is 28.4. The molecule has 0 saturated heterocycles. The Morgan fingerprint density at radius 1 is 0.500 bits per heavy atom. The largest absolute Gasteiger partial charge is 0.184 e.